The van der Waals surface area contributed by atoms with Crippen molar-refractivity contribution in [2.45, 2.75) is 13.5 Å². The number of nitrogens with zero attached hydrogens (tertiary/aromatic N) is 3. The Morgan fingerprint density at radius 3 is 2.53 bits per heavy atom. The lowest BCUT2D eigenvalue weighted by Gasteiger charge is -2.32. The molecule has 1 fully saturated rings. The third kappa shape index (κ3) is 5.27. The second-order valence-corrected chi connectivity index (χ2v) is 8.62. The van der Waals surface area contributed by atoms with Gasteiger partial charge < -0.3 is 29.7 Å². The Labute approximate surface area is 202 Å². The second kappa shape index (κ2) is 10.3. The summed E-state index contributed by atoms with van der Waals surface area (Å²) in [6.07, 6.45) is -0.678. The van der Waals surface area contributed by atoms with Crippen LogP contribution in [0.25, 0.3) is 22.5 Å². The van der Waals surface area contributed by atoms with E-state index in [1.54, 1.807) is 6.92 Å². The number of halogens is 1. The Balaban J connectivity index is 1.68. The molecule has 0 saturated carbocycles. The van der Waals surface area contributed by atoms with Gasteiger partial charge >= 0.3 is 6.09 Å². The maximum absolute atomic E-state index is 12.1. The summed E-state index contributed by atoms with van der Waals surface area (Å²) in [6.45, 7) is 7.10. The van der Waals surface area contributed by atoms with Crippen LogP contribution < -0.4 is 10.1 Å². The summed E-state index contributed by atoms with van der Waals surface area (Å²) in [5.74, 6) is -0.409. The molecular weight excluding hydrogens is 460 g/mol. The van der Waals surface area contributed by atoms with Crippen molar-refractivity contribution in [1.29, 1.82) is 0 Å². The fraction of sp³-hybridized carbons (Fsp3) is 0.333. The van der Waals surface area contributed by atoms with Crippen molar-refractivity contribution in [1.82, 2.24) is 20.3 Å². The van der Waals surface area contributed by atoms with E-state index < -0.39 is 6.09 Å². The molecule has 180 valence electrons. The summed E-state index contributed by atoms with van der Waals surface area (Å²) in [6, 6.07) is 10.3. The first-order valence-electron chi connectivity index (χ1n) is 11.0. The average molecular weight is 487 g/mol. The second-order valence-electron chi connectivity index (χ2n) is 8.21. The lowest BCUT2D eigenvalue weighted by molar-refractivity contribution is 0.148. The van der Waals surface area contributed by atoms with Gasteiger partial charge in [0.25, 0.3) is 5.88 Å². The maximum atomic E-state index is 12.1. The quantitative estimate of drug-likeness (QED) is 0.480. The molecule has 3 aromatic rings. The van der Waals surface area contributed by atoms with Crippen molar-refractivity contribution in [2.24, 2.45) is 0 Å². The summed E-state index contributed by atoms with van der Waals surface area (Å²) in [5, 5.41) is 26.7. The van der Waals surface area contributed by atoms with Crippen LogP contribution in [0, 0.1) is 0 Å². The van der Waals surface area contributed by atoms with Gasteiger partial charge in [0, 0.05) is 45.3 Å². The summed E-state index contributed by atoms with van der Waals surface area (Å²) in [7, 11) is 2.13. The Bertz CT molecular complexity index is 1160. The van der Waals surface area contributed by atoms with Gasteiger partial charge in [-0.2, -0.15) is 0 Å². The number of aromatic nitrogens is 1. The number of amides is 1. The van der Waals surface area contributed by atoms with Gasteiger partial charge in [-0.3, -0.25) is 4.90 Å². The molecular formula is C24H27ClN4O5. The van der Waals surface area contributed by atoms with E-state index >= 15 is 0 Å². The molecule has 0 atom stereocenters. The van der Waals surface area contributed by atoms with E-state index in [9.17, 15) is 15.0 Å². The number of carbonyl (C=O) groups is 1. The first-order chi connectivity index (χ1) is 16.4. The van der Waals surface area contributed by atoms with E-state index in [2.05, 4.69) is 27.3 Å². The molecule has 0 unspecified atom stereocenters. The molecule has 0 bridgehead atoms. The third-order valence-electron chi connectivity index (χ3n) is 5.73. The molecule has 0 radical (unpaired) electrons. The molecule has 0 spiro atoms. The maximum Gasteiger partial charge on any atom is 0.414 e. The predicted molar refractivity (Wildman–Crippen MR) is 128 cm³/mol. The molecule has 1 saturated heterocycles. The third-order valence-corrected chi connectivity index (χ3v) is 6.03. The van der Waals surface area contributed by atoms with E-state index in [1.165, 1.54) is 6.07 Å². The highest BCUT2D eigenvalue weighted by Crippen LogP contribution is 2.45. The van der Waals surface area contributed by atoms with Crippen molar-refractivity contribution < 1.29 is 24.3 Å². The molecule has 1 aliphatic heterocycles. The minimum atomic E-state index is -0.678. The highest BCUT2D eigenvalue weighted by Gasteiger charge is 2.26. The van der Waals surface area contributed by atoms with Gasteiger partial charge in [0.1, 0.15) is 11.5 Å². The Morgan fingerprint density at radius 1 is 1.15 bits per heavy atom. The van der Waals surface area contributed by atoms with Crippen LogP contribution in [0.1, 0.15) is 12.5 Å². The standard InChI is InChI=1S/C24H27ClN4O5/c1-3-26-24(32)33-23-21(22(34-27-23)17-12-18(25)20(31)13-19(17)30)16-6-4-15(5-7-16)14-29-10-8-28(2)9-11-29/h4-7,12-13,30-31H,3,8-11,14H2,1-2H3,(H,26,32). The zero-order chi connectivity index (χ0) is 24.2. The number of likely N-dealkylation sites (N-methyl/N-ethyl adjacent to an activating group) is 1. The van der Waals surface area contributed by atoms with Crippen molar-refractivity contribution in [3.63, 3.8) is 0 Å². The lowest BCUT2D eigenvalue weighted by atomic mass is 10.00. The van der Waals surface area contributed by atoms with Crippen LogP contribution >= 0.6 is 11.6 Å². The van der Waals surface area contributed by atoms with Crippen LogP contribution in [-0.2, 0) is 6.54 Å². The summed E-state index contributed by atoms with van der Waals surface area (Å²) >= 11 is 6.06. The number of ether oxygens (including phenoxy) is 1. The number of aromatic hydroxyl groups is 2. The van der Waals surface area contributed by atoms with E-state index in [4.69, 9.17) is 20.9 Å². The fourth-order valence-electron chi connectivity index (χ4n) is 3.83. The number of phenols is 2. The Hall–Kier alpha value is -3.27. The number of hydrogen-bond donors (Lipinski definition) is 3. The summed E-state index contributed by atoms with van der Waals surface area (Å²) < 4.78 is 10.9. The summed E-state index contributed by atoms with van der Waals surface area (Å²) in [5.41, 5.74) is 2.42. The first kappa shape index (κ1) is 23.9. The van der Waals surface area contributed by atoms with E-state index in [0.29, 0.717) is 17.7 Å². The molecule has 2 heterocycles. The molecule has 2 aromatic carbocycles. The molecule has 1 aliphatic rings. The van der Waals surface area contributed by atoms with Crippen LogP contribution in [-0.4, -0.2) is 71.0 Å². The number of hydrogen-bond acceptors (Lipinski definition) is 8. The van der Waals surface area contributed by atoms with Gasteiger partial charge in [-0.1, -0.05) is 35.9 Å². The molecule has 4 rings (SSSR count). The van der Waals surface area contributed by atoms with Gasteiger partial charge in [-0.25, -0.2) is 4.79 Å². The zero-order valence-electron chi connectivity index (χ0n) is 19.0. The number of phenolic OH excluding ortho intramolecular Hbond substituents is 2. The highest BCUT2D eigenvalue weighted by molar-refractivity contribution is 6.32. The normalized spacial score (nSPS) is 14.8. The lowest BCUT2D eigenvalue weighted by Crippen LogP contribution is -2.43. The predicted octanol–water partition coefficient (Wildman–Crippen LogP) is 3.93. The van der Waals surface area contributed by atoms with Gasteiger partial charge in [0.05, 0.1) is 16.1 Å². The molecule has 0 aliphatic carbocycles. The number of carbonyl (C=O) groups excluding carboxylic acids is 1. The van der Waals surface area contributed by atoms with E-state index in [1.807, 2.05) is 24.3 Å². The monoisotopic (exact) mass is 486 g/mol. The van der Waals surface area contributed by atoms with Crippen molar-refractivity contribution in [2.75, 3.05) is 39.8 Å². The smallest absolute Gasteiger partial charge is 0.414 e. The largest absolute Gasteiger partial charge is 0.507 e. The molecule has 1 aromatic heterocycles. The van der Waals surface area contributed by atoms with Crippen molar-refractivity contribution in [3.05, 3.63) is 47.0 Å². The van der Waals surface area contributed by atoms with Gasteiger partial charge in [-0.05, 0) is 36.3 Å². The Kier molecular flexibility index (Phi) is 7.26. The highest BCUT2D eigenvalue weighted by atomic mass is 35.5. The molecule has 3 N–H and O–H groups in total. The van der Waals surface area contributed by atoms with Gasteiger partial charge in [0.15, 0.2) is 5.76 Å². The minimum absolute atomic E-state index is 0.0314. The van der Waals surface area contributed by atoms with E-state index in [0.717, 1.165) is 44.4 Å². The van der Waals surface area contributed by atoms with Crippen molar-refractivity contribution >= 4 is 17.7 Å². The molecule has 10 heteroatoms. The van der Waals surface area contributed by atoms with Crippen LogP contribution in [0.3, 0.4) is 0 Å². The fourth-order valence-corrected chi connectivity index (χ4v) is 3.99. The Morgan fingerprint density at radius 2 is 1.85 bits per heavy atom. The number of piperazine rings is 1. The van der Waals surface area contributed by atoms with Crippen molar-refractivity contribution in [3.8, 4) is 39.8 Å². The number of benzene rings is 2. The molecule has 34 heavy (non-hydrogen) atoms. The van der Waals surface area contributed by atoms with Crippen LogP contribution in [0.15, 0.2) is 40.9 Å². The SMILES string of the molecule is CCNC(=O)Oc1noc(-c2cc(Cl)c(O)cc2O)c1-c1ccc(CN2CCN(C)CC2)cc1. The summed E-state index contributed by atoms with van der Waals surface area (Å²) in [4.78, 5) is 16.8. The zero-order valence-corrected chi connectivity index (χ0v) is 19.8. The minimum Gasteiger partial charge on any atom is -0.507 e. The van der Waals surface area contributed by atoms with Gasteiger partial charge in [0.2, 0.25) is 0 Å². The van der Waals surface area contributed by atoms with Gasteiger partial charge in [-0.15, -0.1) is 0 Å². The number of rotatable bonds is 6. The van der Waals surface area contributed by atoms with Crippen LogP contribution in [0.4, 0.5) is 4.79 Å². The van der Waals surface area contributed by atoms with Crippen LogP contribution in [0.2, 0.25) is 5.02 Å². The van der Waals surface area contributed by atoms with Crippen LogP contribution in [0.5, 0.6) is 17.4 Å². The van der Waals surface area contributed by atoms with E-state index in [-0.39, 0.29) is 33.7 Å². The molecule has 1 amide bonds. The topological polar surface area (TPSA) is 111 Å². The first-order valence-corrected chi connectivity index (χ1v) is 11.4. The molecule has 9 nitrogen and oxygen atoms in total. The average Bonchev–Trinajstić information content (AvgIpc) is 3.21. The number of nitrogens with one attached hydrogen (secondary N) is 1.